The van der Waals surface area contributed by atoms with Crippen molar-refractivity contribution >= 4 is 23.6 Å². The van der Waals surface area contributed by atoms with E-state index in [1.54, 1.807) is 6.08 Å². The molecule has 1 saturated heterocycles. The van der Waals surface area contributed by atoms with Crippen LogP contribution in [0.4, 0.5) is 0 Å². The highest BCUT2D eigenvalue weighted by Crippen LogP contribution is 2.15. The van der Waals surface area contributed by atoms with Crippen molar-refractivity contribution in [3.8, 4) is 0 Å². The van der Waals surface area contributed by atoms with Gasteiger partial charge in [0.2, 0.25) is 5.91 Å². The summed E-state index contributed by atoms with van der Waals surface area (Å²) >= 11 is 6.02. The zero-order valence-electron chi connectivity index (χ0n) is 12.1. The lowest BCUT2D eigenvalue weighted by molar-refractivity contribution is -0.116. The monoisotopic (exact) mass is 308 g/mol. The number of nitrogens with one attached hydrogen (secondary N) is 1. The zero-order valence-corrected chi connectivity index (χ0v) is 12.8. The molecule has 21 heavy (non-hydrogen) atoms. The van der Waals surface area contributed by atoms with Gasteiger partial charge in [0.1, 0.15) is 0 Å². The van der Waals surface area contributed by atoms with Gasteiger partial charge in [-0.3, -0.25) is 9.69 Å². The van der Waals surface area contributed by atoms with Gasteiger partial charge in [-0.15, -0.1) is 0 Å². The minimum atomic E-state index is -0.0862. The molecule has 0 radical (unpaired) electrons. The molecule has 114 valence electrons. The van der Waals surface area contributed by atoms with Crippen molar-refractivity contribution in [1.29, 1.82) is 0 Å². The first kappa shape index (κ1) is 16.0. The first-order valence-electron chi connectivity index (χ1n) is 7.26. The summed E-state index contributed by atoms with van der Waals surface area (Å²) in [5.41, 5.74) is 0.850. The fourth-order valence-electron chi connectivity index (χ4n) is 2.17. The summed E-state index contributed by atoms with van der Waals surface area (Å²) in [4.78, 5) is 14.1. The predicted octanol–water partition coefficient (Wildman–Crippen LogP) is 2.19. The average Bonchev–Trinajstić information content (AvgIpc) is 2.52. The van der Waals surface area contributed by atoms with Crippen LogP contribution >= 0.6 is 11.6 Å². The maximum absolute atomic E-state index is 11.7. The van der Waals surface area contributed by atoms with Crippen LogP contribution in [-0.4, -0.2) is 50.2 Å². The van der Waals surface area contributed by atoms with Crippen molar-refractivity contribution in [1.82, 2.24) is 10.2 Å². The Hall–Kier alpha value is -1.36. The molecule has 1 aliphatic heterocycles. The highest BCUT2D eigenvalue weighted by Gasteiger charge is 2.09. The molecule has 1 aromatic rings. The van der Waals surface area contributed by atoms with Crippen LogP contribution in [0, 0.1) is 0 Å². The number of nitrogens with zero attached hydrogens (tertiary/aromatic N) is 1. The second-order valence-electron chi connectivity index (χ2n) is 4.95. The number of hydrogen-bond donors (Lipinski definition) is 1. The van der Waals surface area contributed by atoms with Gasteiger partial charge in [0, 0.05) is 30.7 Å². The predicted molar refractivity (Wildman–Crippen MR) is 85.4 cm³/mol. The fraction of sp³-hybridized carbons (Fsp3) is 0.438. The molecule has 0 aliphatic carbocycles. The standard InChI is InChI=1S/C16H21ClN2O2/c17-15-5-2-1-4-14(15)6-7-16(20)18-8-3-9-19-10-12-21-13-11-19/h1-2,4-7H,3,8-13H2,(H,18,20)/b7-6+. The third kappa shape index (κ3) is 5.87. The van der Waals surface area contributed by atoms with Crippen molar-refractivity contribution < 1.29 is 9.53 Å². The van der Waals surface area contributed by atoms with Crippen LogP contribution in [0.15, 0.2) is 30.3 Å². The minimum Gasteiger partial charge on any atom is -0.379 e. The summed E-state index contributed by atoms with van der Waals surface area (Å²) in [5, 5.41) is 3.53. The van der Waals surface area contributed by atoms with E-state index in [0.29, 0.717) is 11.6 Å². The molecule has 0 atom stereocenters. The number of halogens is 1. The quantitative estimate of drug-likeness (QED) is 0.647. The Morgan fingerprint density at radius 3 is 2.86 bits per heavy atom. The van der Waals surface area contributed by atoms with Crippen molar-refractivity contribution in [2.75, 3.05) is 39.4 Å². The average molecular weight is 309 g/mol. The number of benzene rings is 1. The second-order valence-corrected chi connectivity index (χ2v) is 5.36. The van der Waals surface area contributed by atoms with Gasteiger partial charge in [0.25, 0.3) is 0 Å². The normalized spacial score (nSPS) is 16.2. The van der Waals surface area contributed by atoms with Crippen molar-refractivity contribution in [2.45, 2.75) is 6.42 Å². The minimum absolute atomic E-state index is 0.0862. The molecule has 0 spiro atoms. The highest BCUT2D eigenvalue weighted by molar-refractivity contribution is 6.32. The fourth-order valence-corrected chi connectivity index (χ4v) is 2.37. The Kier molecular flexibility index (Phi) is 6.73. The summed E-state index contributed by atoms with van der Waals surface area (Å²) < 4.78 is 5.30. The molecule has 2 rings (SSSR count). The summed E-state index contributed by atoms with van der Waals surface area (Å²) in [7, 11) is 0. The summed E-state index contributed by atoms with van der Waals surface area (Å²) in [6, 6.07) is 7.45. The van der Waals surface area contributed by atoms with E-state index in [0.717, 1.165) is 44.8 Å². The second kappa shape index (κ2) is 8.82. The van der Waals surface area contributed by atoms with Gasteiger partial charge in [-0.2, -0.15) is 0 Å². The van der Waals surface area contributed by atoms with E-state index in [1.165, 1.54) is 6.08 Å². The lowest BCUT2D eigenvalue weighted by Gasteiger charge is -2.26. The number of rotatable bonds is 6. The van der Waals surface area contributed by atoms with E-state index >= 15 is 0 Å². The Balaban J connectivity index is 1.64. The number of ether oxygens (including phenoxy) is 1. The molecule has 1 N–H and O–H groups in total. The number of amides is 1. The van der Waals surface area contributed by atoms with Gasteiger partial charge in [-0.25, -0.2) is 0 Å². The largest absolute Gasteiger partial charge is 0.379 e. The molecular formula is C16H21ClN2O2. The third-order valence-corrected chi connectivity index (χ3v) is 3.72. The summed E-state index contributed by atoms with van der Waals surface area (Å²) in [6.45, 7) is 5.28. The molecule has 4 nitrogen and oxygen atoms in total. The molecule has 5 heteroatoms. The summed E-state index contributed by atoms with van der Waals surface area (Å²) in [5.74, 6) is -0.0862. The number of carbonyl (C=O) groups is 1. The zero-order chi connectivity index (χ0) is 14.9. The van der Waals surface area contributed by atoms with Gasteiger partial charge in [-0.05, 0) is 30.7 Å². The first-order chi connectivity index (χ1) is 10.3. The van der Waals surface area contributed by atoms with Crippen molar-refractivity contribution in [3.05, 3.63) is 40.9 Å². The molecule has 1 amide bonds. The van der Waals surface area contributed by atoms with Crippen LogP contribution in [0.2, 0.25) is 5.02 Å². The number of carbonyl (C=O) groups excluding carboxylic acids is 1. The van der Waals surface area contributed by atoms with E-state index < -0.39 is 0 Å². The molecule has 1 aromatic carbocycles. The molecule has 1 aliphatic rings. The third-order valence-electron chi connectivity index (χ3n) is 3.37. The van der Waals surface area contributed by atoms with Crippen molar-refractivity contribution in [3.63, 3.8) is 0 Å². The van der Waals surface area contributed by atoms with Gasteiger partial charge in [-0.1, -0.05) is 29.8 Å². The topological polar surface area (TPSA) is 41.6 Å². The van der Waals surface area contributed by atoms with E-state index in [-0.39, 0.29) is 5.91 Å². The molecular weight excluding hydrogens is 288 g/mol. The molecule has 0 bridgehead atoms. The van der Waals surface area contributed by atoms with Gasteiger partial charge < -0.3 is 10.1 Å². The van der Waals surface area contributed by atoms with Gasteiger partial charge in [0.15, 0.2) is 0 Å². The molecule has 1 heterocycles. The Morgan fingerprint density at radius 1 is 1.33 bits per heavy atom. The smallest absolute Gasteiger partial charge is 0.244 e. The molecule has 0 aromatic heterocycles. The van der Waals surface area contributed by atoms with Crippen LogP contribution in [-0.2, 0) is 9.53 Å². The van der Waals surface area contributed by atoms with Crippen LogP contribution in [0.3, 0.4) is 0 Å². The van der Waals surface area contributed by atoms with Crippen molar-refractivity contribution in [2.24, 2.45) is 0 Å². The summed E-state index contributed by atoms with van der Waals surface area (Å²) in [6.07, 6.45) is 4.21. The molecule has 0 unspecified atom stereocenters. The van der Waals surface area contributed by atoms with E-state index in [1.807, 2.05) is 24.3 Å². The Bertz CT molecular complexity index is 485. The van der Waals surface area contributed by atoms with Crippen LogP contribution in [0.1, 0.15) is 12.0 Å². The first-order valence-corrected chi connectivity index (χ1v) is 7.64. The maximum atomic E-state index is 11.7. The lowest BCUT2D eigenvalue weighted by atomic mass is 10.2. The molecule has 1 fully saturated rings. The Labute approximate surface area is 130 Å². The van der Waals surface area contributed by atoms with Crippen LogP contribution < -0.4 is 5.32 Å². The lowest BCUT2D eigenvalue weighted by Crippen LogP contribution is -2.38. The highest BCUT2D eigenvalue weighted by atomic mass is 35.5. The number of hydrogen-bond acceptors (Lipinski definition) is 3. The van der Waals surface area contributed by atoms with E-state index in [9.17, 15) is 4.79 Å². The van der Waals surface area contributed by atoms with E-state index in [4.69, 9.17) is 16.3 Å². The van der Waals surface area contributed by atoms with Gasteiger partial charge in [0.05, 0.1) is 13.2 Å². The van der Waals surface area contributed by atoms with Crippen LogP contribution in [0.5, 0.6) is 0 Å². The van der Waals surface area contributed by atoms with Crippen LogP contribution in [0.25, 0.3) is 6.08 Å². The van der Waals surface area contributed by atoms with Gasteiger partial charge >= 0.3 is 0 Å². The van der Waals surface area contributed by atoms with E-state index in [2.05, 4.69) is 10.2 Å². The number of morpholine rings is 1. The maximum Gasteiger partial charge on any atom is 0.244 e. The molecule has 0 saturated carbocycles. The SMILES string of the molecule is O=C(/C=C/c1ccccc1Cl)NCCCN1CCOCC1. The Morgan fingerprint density at radius 2 is 2.10 bits per heavy atom.